The molecule has 2 fully saturated rings. The molecule has 1 aliphatic heterocycles. The average molecular weight is 702 g/mol. The van der Waals surface area contributed by atoms with E-state index in [-0.39, 0.29) is 23.9 Å². The Labute approximate surface area is 265 Å². The third kappa shape index (κ3) is 9.94. The summed E-state index contributed by atoms with van der Waals surface area (Å²) in [5, 5.41) is 0. The normalized spacial score (nSPS) is 21.6. The molecule has 2 aromatic carbocycles. The highest BCUT2D eigenvalue weighted by Gasteiger charge is 2.44. The molecular weight excluding hydrogens is 664 g/mol. The first-order valence-electron chi connectivity index (χ1n) is 14.8. The van der Waals surface area contributed by atoms with Crippen LogP contribution in [0.15, 0.2) is 81.8 Å². The van der Waals surface area contributed by atoms with Crippen LogP contribution >= 0.6 is 31.9 Å². The van der Waals surface area contributed by atoms with Gasteiger partial charge < -0.3 is 14.2 Å². The lowest BCUT2D eigenvalue weighted by Gasteiger charge is -2.25. The van der Waals surface area contributed by atoms with Crippen molar-refractivity contribution >= 4 is 49.8 Å². The Morgan fingerprint density at radius 1 is 0.952 bits per heavy atom. The van der Waals surface area contributed by atoms with Gasteiger partial charge in [-0.2, -0.15) is 0 Å². The second-order valence-corrected chi connectivity index (χ2v) is 12.7. The first-order valence-corrected chi connectivity index (χ1v) is 16.4. The quantitative estimate of drug-likeness (QED) is 0.0848. The molecule has 1 saturated heterocycles. The van der Waals surface area contributed by atoms with E-state index in [0.29, 0.717) is 24.0 Å². The second-order valence-electron chi connectivity index (χ2n) is 10.9. The van der Waals surface area contributed by atoms with Crippen LogP contribution in [0, 0.1) is 11.8 Å². The molecule has 0 unspecified atom stereocenters. The van der Waals surface area contributed by atoms with E-state index >= 15 is 0 Å². The van der Waals surface area contributed by atoms with E-state index in [9.17, 15) is 14.4 Å². The molecule has 5 atom stereocenters. The molecule has 6 nitrogen and oxygen atoms in total. The van der Waals surface area contributed by atoms with Crippen molar-refractivity contribution in [2.24, 2.45) is 11.8 Å². The topological polar surface area (TPSA) is 78.9 Å². The van der Waals surface area contributed by atoms with E-state index in [1.54, 1.807) is 48.5 Å². The first kappa shape index (κ1) is 32.2. The van der Waals surface area contributed by atoms with Crippen LogP contribution in [0.2, 0.25) is 0 Å². The Bertz CT molecular complexity index is 1250. The van der Waals surface area contributed by atoms with Crippen LogP contribution in [0.25, 0.3) is 0 Å². The predicted molar refractivity (Wildman–Crippen MR) is 169 cm³/mol. The summed E-state index contributed by atoms with van der Waals surface area (Å²) in [4.78, 5) is 38.2. The maximum atomic E-state index is 13.2. The molecule has 0 N–H and O–H groups in total. The lowest BCUT2D eigenvalue weighted by Crippen LogP contribution is -2.34. The van der Waals surface area contributed by atoms with Crippen molar-refractivity contribution in [1.82, 2.24) is 0 Å². The molecule has 1 heterocycles. The van der Waals surface area contributed by atoms with Crippen molar-refractivity contribution in [2.45, 2.75) is 83.0 Å². The zero-order valence-corrected chi connectivity index (χ0v) is 27.1. The van der Waals surface area contributed by atoms with Gasteiger partial charge in [0.15, 0.2) is 6.10 Å². The van der Waals surface area contributed by atoms with Crippen molar-refractivity contribution in [2.75, 3.05) is 0 Å². The molecule has 0 aromatic heterocycles. The van der Waals surface area contributed by atoms with Gasteiger partial charge in [0.1, 0.15) is 12.2 Å². The van der Waals surface area contributed by atoms with Gasteiger partial charge in [-0.15, -0.1) is 0 Å². The van der Waals surface area contributed by atoms with E-state index in [1.165, 1.54) is 0 Å². The summed E-state index contributed by atoms with van der Waals surface area (Å²) in [6, 6.07) is 13.9. The van der Waals surface area contributed by atoms with Crippen molar-refractivity contribution < 1.29 is 28.6 Å². The highest BCUT2D eigenvalue weighted by molar-refractivity contribution is 9.10. The van der Waals surface area contributed by atoms with Crippen LogP contribution in [0.1, 0.15) is 85.4 Å². The van der Waals surface area contributed by atoms with Crippen molar-refractivity contribution in [3.8, 4) is 0 Å². The zero-order chi connectivity index (χ0) is 29.9. The number of esters is 3. The van der Waals surface area contributed by atoms with Gasteiger partial charge in [-0.05, 0) is 92.6 Å². The molecule has 0 radical (unpaired) electrons. The number of hydrogen-bond donors (Lipinski definition) is 0. The fraction of sp³-hybridized carbons (Fsp3) is 0.441. The monoisotopic (exact) mass is 700 g/mol. The average Bonchev–Trinajstić information content (AvgIpc) is 3.77. The van der Waals surface area contributed by atoms with Crippen LogP contribution in [0.4, 0.5) is 0 Å². The van der Waals surface area contributed by atoms with E-state index in [4.69, 9.17) is 14.2 Å². The lowest BCUT2D eigenvalue weighted by molar-refractivity contribution is -0.155. The Balaban J connectivity index is 1.54. The first-order chi connectivity index (χ1) is 20.3. The Hall–Kier alpha value is -2.71. The largest absolute Gasteiger partial charge is 0.462 e. The van der Waals surface area contributed by atoms with Gasteiger partial charge in [0.05, 0.1) is 11.1 Å². The zero-order valence-electron chi connectivity index (χ0n) is 23.9. The van der Waals surface area contributed by atoms with Crippen molar-refractivity contribution in [3.63, 3.8) is 0 Å². The van der Waals surface area contributed by atoms with Gasteiger partial charge >= 0.3 is 17.9 Å². The summed E-state index contributed by atoms with van der Waals surface area (Å²) in [7, 11) is 0. The molecule has 1 aliphatic carbocycles. The number of allylic oxidation sites excluding steroid dienone is 2. The number of halogens is 2. The standard InChI is InChI=1S/C34H38Br2O6/c1-2-3-4-5-6-7-9-30(41-33(38)23-12-17-26(35)18-13-23)31(42-34(39)24-14-19-27(36)20-15-24)21-16-25-22-28(25)29-10-8-11-32(37)40-29/h6-7,12-21,25,28-31H,2-5,8-11,22H2,1H3/b7-6-,21-16+/t25-,28-,29+,30-,31-/m0/s1. The molecule has 42 heavy (non-hydrogen) atoms. The molecule has 0 bridgehead atoms. The molecule has 4 rings (SSSR count). The summed E-state index contributed by atoms with van der Waals surface area (Å²) in [6.45, 7) is 2.17. The second kappa shape index (κ2) is 16.2. The van der Waals surface area contributed by atoms with Crippen molar-refractivity contribution in [3.05, 3.63) is 92.9 Å². The summed E-state index contributed by atoms with van der Waals surface area (Å²) < 4.78 is 19.3. The summed E-state index contributed by atoms with van der Waals surface area (Å²) >= 11 is 6.80. The van der Waals surface area contributed by atoms with E-state index < -0.39 is 24.1 Å². The number of carbonyl (C=O) groups excluding carboxylic acids is 3. The number of benzene rings is 2. The van der Waals surface area contributed by atoms with Crippen LogP contribution < -0.4 is 0 Å². The Morgan fingerprint density at radius 2 is 1.60 bits per heavy atom. The third-order valence-electron chi connectivity index (χ3n) is 7.61. The summed E-state index contributed by atoms with van der Waals surface area (Å²) in [6.07, 6.45) is 14.2. The fourth-order valence-electron chi connectivity index (χ4n) is 5.09. The van der Waals surface area contributed by atoms with Gasteiger partial charge in [-0.1, -0.05) is 69.9 Å². The van der Waals surface area contributed by atoms with Crippen LogP contribution in [0.3, 0.4) is 0 Å². The van der Waals surface area contributed by atoms with Gasteiger partial charge in [0, 0.05) is 27.7 Å². The minimum Gasteiger partial charge on any atom is -0.462 e. The highest BCUT2D eigenvalue weighted by atomic mass is 79.9. The van der Waals surface area contributed by atoms with E-state index in [0.717, 1.165) is 53.9 Å². The van der Waals surface area contributed by atoms with Gasteiger partial charge in [0.2, 0.25) is 0 Å². The fourth-order valence-corrected chi connectivity index (χ4v) is 5.62. The number of hydrogen-bond acceptors (Lipinski definition) is 6. The molecule has 8 heteroatoms. The van der Waals surface area contributed by atoms with Gasteiger partial charge in [0.25, 0.3) is 0 Å². The molecule has 2 aliphatic rings. The summed E-state index contributed by atoms with van der Waals surface area (Å²) in [5.74, 6) is -0.642. The number of ether oxygens (including phenoxy) is 3. The van der Waals surface area contributed by atoms with Gasteiger partial charge in [-0.3, -0.25) is 4.79 Å². The molecule has 2 aromatic rings. The van der Waals surface area contributed by atoms with Crippen LogP contribution in [-0.2, 0) is 19.0 Å². The van der Waals surface area contributed by atoms with Crippen molar-refractivity contribution in [1.29, 1.82) is 0 Å². The molecular formula is C34H38Br2O6. The number of unbranched alkanes of at least 4 members (excludes halogenated alkanes) is 3. The van der Waals surface area contributed by atoms with Crippen LogP contribution in [-0.4, -0.2) is 36.2 Å². The maximum absolute atomic E-state index is 13.2. The smallest absolute Gasteiger partial charge is 0.338 e. The third-order valence-corrected chi connectivity index (χ3v) is 8.66. The molecule has 0 amide bonds. The van der Waals surface area contributed by atoms with E-state index in [1.807, 2.05) is 18.2 Å². The number of rotatable bonds is 14. The maximum Gasteiger partial charge on any atom is 0.338 e. The van der Waals surface area contributed by atoms with Crippen LogP contribution in [0.5, 0.6) is 0 Å². The Kier molecular flexibility index (Phi) is 12.4. The minimum atomic E-state index is -0.809. The minimum absolute atomic E-state index is 0.0678. The molecule has 0 spiro atoms. The Morgan fingerprint density at radius 3 is 2.21 bits per heavy atom. The number of cyclic esters (lactones) is 1. The number of carbonyl (C=O) groups is 3. The van der Waals surface area contributed by atoms with E-state index in [2.05, 4.69) is 44.9 Å². The summed E-state index contributed by atoms with van der Waals surface area (Å²) in [5.41, 5.74) is 0.821. The molecule has 224 valence electrons. The SMILES string of the molecule is CCCCC/C=C\C[C@H](OC(=O)c1ccc(Br)cc1)[C@H](/C=C/[C@H]1C[C@@H]1[C@H]1CCCC(=O)O1)OC(=O)c1ccc(Br)cc1. The highest BCUT2D eigenvalue weighted by Crippen LogP contribution is 2.46. The lowest BCUT2D eigenvalue weighted by atomic mass is 10.0. The van der Waals surface area contributed by atoms with Gasteiger partial charge in [-0.25, -0.2) is 9.59 Å². The predicted octanol–water partition coefficient (Wildman–Crippen LogP) is 8.78. The molecule has 1 saturated carbocycles.